The molecule has 0 unspecified atom stereocenters. The van der Waals surface area contributed by atoms with E-state index < -0.39 is 39.1 Å². The minimum Gasteiger partial charge on any atom is -0.346 e. The predicted octanol–water partition coefficient (Wildman–Crippen LogP) is 1.65. The quantitative estimate of drug-likeness (QED) is 0.439. The van der Waals surface area contributed by atoms with E-state index in [4.69, 9.17) is 4.98 Å². The average Bonchev–Trinajstić information content (AvgIpc) is 3.39. The van der Waals surface area contributed by atoms with Gasteiger partial charge in [0.25, 0.3) is 6.43 Å². The van der Waals surface area contributed by atoms with E-state index in [0.29, 0.717) is 47.5 Å². The van der Waals surface area contributed by atoms with Crippen LogP contribution in [-0.4, -0.2) is 72.6 Å². The van der Waals surface area contributed by atoms with Gasteiger partial charge in [0.1, 0.15) is 17.0 Å². The Morgan fingerprint density at radius 3 is 2.62 bits per heavy atom. The molecule has 3 heterocycles. The van der Waals surface area contributed by atoms with Gasteiger partial charge >= 0.3 is 0 Å². The standard InChI is InChI=1S/C18H24F2N6O4S2/c1-31(27,28)22-8-14-23-16-12-5-6-21-18(12)25-15(17(16)24-14)10-3-4-11(7-10)26(9-13(19)20)32(2,29)30/h5-6,10-11,13,22H,3-4,7-9H2,1-2H3,(H,21,25)(H,23,24)/t10-,11+/m0/s1. The molecule has 3 N–H and O–H groups in total. The van der Waals surface area contributed by atoms with Crippen LogP contribution in [-0.2, 0) is 26.6 Å². The third-order valence-corrected chi connectivity index (χ3v) is 7.63. The first-order valence-electron chi connectivity index (χ1n) is 9.97. The number of hydrogen-bond acceptors (Lipinski definition) is 6. The Balaban J connectivity index is 1.69. The molecule has 0 radical (unpaired) electrons. The Labute approximate surface area is 183 Å². The molecule has 0 spiro atoms. The van der Waals surface area contributed by atoms with Crippen LogP contribution in [0.2, 0.25) is 0 Å². The second-order valence-electron chi connectivity index (χ2n) is 8.12. The summed E-state index contributed by atoms with van der Waals surface area (Å²) in [5, 5.41) is 0.760. The van der Waals surface area contributed by atoms with Crippen LogP contribution in [0.5, 0.6) is 0 Å². The average molecular weight is 491 g/mol. The van der Waals surface area contributed by atoms with E-state index in [9.17, 15) is 25.6 Å². The molecule has 3 aromatic rings. The van der Waals surface area contributed by atoms with Gasteiger partial charge in [-0.2, -0.15) is 4.31 Å². The molecule has 4 rings (SSSR count). The number of H-pyrrole nitrogens is 2. The number of hydrogen-bond donors (Lipinski definition) is 3. The van der Waals surface area contributed by atoms with Crippen molar-refractivity contribution in [3.8, 4) is 0 Å². The van der Waals surface area contributed by atoms with E-state index in [1.165, 1.54) is 0 Å². The highest BCUT2D eigenvalue weighted by molar-refractivity contribution is 7.88. The van der Waals surface area contributed by atoms with Crippen molar-refractivity contribution in [3.05, 3.63) is 23.8 Å². The minimum absolute atomic E-state index is 0.0254. The molecular formula is C18H24F2N6O4S2. The van der Waals surface area contributed by atoms with E-state index in [0.717, 1.165) is 22.2 Å². The molecule has 1 fully saturated rings. The van der Waals surface area contributed by atoms with Crippen LogP contribution in [0, 0.1) is 0 Å². The van der Waals surface area contributed by atoms with Gasteiger partial charge in [-0.05, 0) is 25.3 Å². The van der Waals surface area contributed by atoms with Gasteiger partial charge in [0.2, 0.25) is 20.0 Å². The number of aromatic amines is 2. The number of alkyl halides is 2. The minimum atomic E-state index is -3.79. The molecule has 0 aliphatic heterocycles. The predicted molar refractivity (Wildman–Crippen MR) is 115 cm³/mol. The fraction of sp³-hybridized carbons (Fsp3) is 0.556. The van der Waals surface area contributed by atoms with E-state index in [1.807, 2.05) is 6.07 Å². The highest BCUT2D eigenvalue weighted by Gasteiger charge is 2.37. The molecular weight excluding hydrogens is 466 g/mol. The lowest BCUT2D eigenvalue weighted by Crippen LogP contribution is -2.41. The lowest BCUT2D eigenvalue weighted by atomic mass is 10.0. The van der Waals surface area contributed by atoms with Crippen molar-refractivity contribution in [1.82, 2.24) is 29.0 Å². The zero-order valence-electron chi connectivity index (χ0n) is 17.5. The molecule has 0 amide bonds. The topological polar surface area (TPSA) is 141 Å². The Kier molecular flexibility index (Phi) is 5.98. The smallest absolute Gasteiger partial charge is 0.252 e. The van der Waals surface area contributed by atoms with Gasteiger partial charge in [-0.15, -0.1) is 0 Å². The number of halogens is 2. The third-order valence-electron chi connectivity index (χ3n) is 5.67. The zero-order valence-corrected chi connectivity index (χ0v) is 19.1. The van der Waals surface area contributed by atoms with E-state index >= 15 is 0 Å². The Morgan fingerprint density at radius 1 is 1.22 bits per heavy atom. The van der Waals surface area contributed by atoms with Crippen molar-refractivity contribution in [2.24, 2.45) is 0 Å². The van der Waals surface area contributed by atoms with Crippen LogP contribution in [0.3, 0.4) is 0 Å². The van der Waals surface area contributed by atoms with Gasteiger partial charge in [0.05, 0.1) is 36.8 Å². The maximum absolute atomic E-state index is 13.0. The Hall–Kier alpha value is -2.16. The molecule has 10 nitrogen and oxygen atoms in total. The van der Waals surface area contributed by atoms with Crippen molar-refractivity contribution in [2.75, 3.05) is 19.1 Å². The number of nitrogens with one attached hydrogen (secondary N) is 3. The first kappa shape index (κ1) is 23.0. The Bertz CT molecular complexity index is 1350. The van der Waals surface area contributed by atoms with Gasteiger partial charge in [-0.1, -0.05) is 0 Å². The van der Waals surface area contributed by atoms with Crippen LogP contribution in [0.1, 0.15) is 36.7 Å². The van der Waals surface area contributed by atoms with Gasteiger partial charge < -0.3 is 9.97 Å². The molecule has 0 saturated heterocycles. The first-order valence-corrected chi connectivity index (χ1v) is 13.7. The van der Waals surface area contributed by atoms with Crippen molar-refractivity contribution >= 4 is 42.1 Å². The van der Waals surface area contributed by atoms with Crippen molar-refractivity contribution in [1.29, 1.82) is 0 Å². The second-order valence-corrected chi connectivity index (χ2v) is 11.9. The number of nitrogens with zero attached hydrogens (tertiary/aromatic N) is 3. The van der Waals surface area contributed by atoms with Crippen molar-refractivity contribution < 1.29 is 25.6 Å². The summed E-state index contributed by atoms with van der Waals surface area (Å²) < 4.78 is 76.4. The third kappa shape index (κ3) is 4.77. The maximum Gasteiger partial charge on any atom is 0.252 e. The molecule has 32 heavy (non-hydrogen) atoms. The number of rotatable bonds is 8. The van der Waals surface area contributed by atoms with Crippen molar-refractivity contribution in [3.63, 3.8) is 0 Å². The molecule has 176 valence electrons. The molecule has 2 atom stereocenters. The lowest BCUT2D eigenvalue weighted by molar-refractivity contribution is 0.107. The molecule has 14 heteroatoms. The fourth-order valence-electron chi connectivity index (χ4n) is 4.36. The van der Waals surface area contributed by atoms with Crippen LogP contribution >= 0.6 is 0 Å². The van der Waals surface area contributed by atoms with Gasteiger partial charge in [0.15, 0.2) is 0 Å². The van der Waals surface area contributed by atoms with Gasteiger partial charge in [-0.3, -0.25) is 0 Å². The number of aromatic nitrogens is 4. The largest absolute Gasteiger partial charge is 0.346 e. The summed E-state index contributed by atoms with van der Waals surface area (Å²) in [6.45, 7) is -0.859. The Morgan fingerprint density at radius 2 is 1.97 bits per heavy atom. The normalized spacial score (nSPS) is 20.3. The number of fused-ring (bicyclic) bond motifs is 3. The maximum atomic E-state index is 13.0. The summed E-state index contributed by atoms with van der Waals surface area (Å²) >= 11 is 0. The molecule has 1 aliphatic carbocycles. The fourth-order valence-corrected chi connectivity index (χ4v) is 5.88. The van der Waals surface area contributed by atoms with Crippen LogP contribution in [0.25, 0.3) is 22.1 Å². The van der Waals surface area contributed by atoms with Gasteiger partial charge in [0, 0.05) is 23.5 Å². The number of imidazole rings is 1. The van der Waals surface area contributed by atoms with E-state index in [1.54, 1.807) is 6.20 Å². The summed E-state index contributed by atoms with van der Waals surface area (Å²) in [7, 11) is -7.21. The number of sulfonamides is 2. The summed E-state index contributed by atoms with van der Waals surface area (Å²) in [5.74, 6) is 0.237. The van der Waals surface area contributed by atoms with E-state index in [2.05, 4.69) is 19.7 Å². The molecule has 0 aromatic carbocycles. The van der Waals surface area contributed by atoms with Crippen LogP contribution in [0.15, 0.2) is 12.3 Å². The molecule has 1 saturated carbocycles. The van der Waals surface area contributed by atoms with Gasteiger partial charge in [-0.25, -0.2) is 40.3 Å². The summed E-state index contributed by atoms with van der Waals surface area (Å²) in [6, 6.07) is 1.27. The highest BCUT2D eigenvalue weighted by Crippen LogP contribution is 2.40. The SMILES string of the molecule is CS(=O)(=O)NCc1nc2c([nH]1)c([C@H]1CC[C@@H](N(CC(F)F)S(C)(=O)=O)C1)nc1[nH]ccc12. The van der Waals surface area contributed by atoms with Crippen molar-refractivity contribution in [2.45, 2.75) is 44.2 Å². The summed E-state index contributed by atoms with van der Waals surface area (Å²) in [5.41, 5.74) is 2.50. The molecule has 0 bridgehead atoms. The second kappa shape index (κ2) is 8.32. The summed E-state index contributed by atoms with van der Waals surface area (Å²) in [4.78, 5) is 15.4. The molecule has 1 aliphatic rings. The monoisotopic (exact) mass is 490 g/mol. The zero-order chi connectivity index (χ0) is 23.3. The molecule has 3 aromatic heterocycles. The van der Waals surface area contributed by atoms with Crippen LogP contribution < -0.4 is 4.72 Å². The first-order chi connectivity index (χ1) is 14.9. The number of pyridine rings is 1. The lowest BCUT2D eigenvalue weighted by Gasteiger charge is -2.26. The highest BCUT2D eigenvalue weighted by atomic mass is 32.2. The van der Waals surface area contributed by atoms with Crippen LogP contribution in [0.4, 0.5) is 8.78 Å². The summed E-state index contributed by atoms with van der Waals surface area (Å²) in [6.07, 6.45) is 2.32. The van der Waals surface area contributed by atoms with E-state index in [-0.39, 0.29) is 12.5 Å².